The Kier molecular flexibility index (Phi) is 27.9. The maximum absolute atomic E-state index is 12.4. The van der Waals surface area contributed by atoms with Crippen molar-refractivity contribution in [3.8, 4) is 0 Å². The Balaban J connectivity index is 0.000000406. The molecule has 0 atom stereocenters. The fourth-order valence-electron chi connectivity index (χ4n) is 5.40. The smallest absolute Gasteiger partial charge is 0.131 e. The number of benzene rings is 8. The second-order valence-electron chi connectivity index (χ2n) is 16.0. The lowest BCUT2D eigenvalue weighted by Crippen LogP contribution is -1.89. The molecule has 0 aromatic heterocycles. The lowest BCUT2D eigenvalue weighted by molar-refractivity contribution is 0.532. The van der Waals surface area contributed by atoms with E-state index in [1.807, 2.05) is 26.0 Å². The number of hydrogen-bond acceptors (Lipinski definition) is 0. The molecule has 0 nitrogen and oxygen atoms in total. The van der Waals surface area contributed by atoms with Gasteiger partial charge in [-0.25, -0.2) is 52.7 Å². The first-order chi connectivity index (χ1) is 33.2. The van der Waals surface area contributed by atoms with Crippen LogP contribution in [0.1, 0.15) is 61.2 Å². The summed E-state index contributed by atoms with van der Waals surface area (Å²) in [6.45, 7) is 20.1. The first-order valence-corrected chi connectivity index (χ1v) is 21.8. The highest BCUT2D eigenvalue weighted by atomic mass is 19.2. The van der Waals surface area contributed by atoms with E-state index >= 15 is 0 Å². The molecule has 0 aliphatic rings. The summed E-state index contributed by atoms with van der Waals surface area (Å²) in [7, 11) is 0. The van der Waals surface area contributed by atoms with Gasteiger partial charge in [0.25, 0.3) is 0 Å². The SMILES string of the molecule is Cc1c(F)cc(F)cc1F.Cc1c(F)cccc1F.Cc1cc(C)c(C)c(C)c1.Cc1cc(F)cc(F)c1.Cc1ccc(F)cc1.Cc1ccc(F)cc1F.Cc1cccc(F)c1.Cc1ccccc1F. The summed E-state index contributed by atoms with van der Waals surface area (Å²) >= 11 is 0. The molecule has 71 heavy (non-hydrogen) atoms. The Morgan fingerprint density at radius 1 is 0.197 bits per heavy atom. The zero-order valence-corrected chi connectivity index (χ0v) is 41.5. The van der Waals surface area contributed by atoms with Crippen molar-refractivity contribution in [2.75, 3.05) is 0 Å². The van der Waals surface area contributed by atoms with Crippen LogP contribution in [-0.4, -0.2) is 0 Å². The van der Waals surface area contributed by atoms with Gasteiger partial charge in [-0.05, 0) is 176 Å². The van der Waals surface area contributed by atoms with Crippen LogP contribution in [0.25, 0.3) is 0 Å². The van der Waals surface area contributed by atoms with Gasteiger partial charge in [0.1, 0.15) is 69.8 Å². The van der Waals surface area contributed by atoms with Gasteiger partial charge in [0.15, 0.2) is 0 Å². The van der Waals surface area contributed by atoms with E-state index in [1.54, 1.807) is 51.1 Å². The average molecular weight is 995 g/mol. The third kappa shape index (κ3) is 25.9. The number of rotatable bonds is 0. The molecule has 0 heterocycles. The van der Waals surface area contributed by atoms with Gasteiger partial charge in [-0.3, -0.25) is 0 Å². The Morgan fingerprint density at radius 3 is 0.958 bits per heavy atom. The molecule has 0 aliphatic carbocycles. The third-order valence-electron chi connectivity index (χ3n) is 9.73. The van der Waals surface area contributed by atoms with Crippen LogP contribution >= 0.6 is 0 Å². The van der Waals surface area contributed by atoms with Crippen molar-refractivity contribution in [1.29, 1.82) is 0 Å². The standard InChI is InChI=1S/C10H14.C7H5F3.3C7H6F2.3C7H7F/c1-7-5-8(2)10(4)9(3)6-7;1-4-6(9)2-5(8)3-7(4)10;1-5-2-6(8)4-7(9)3-5;1-5-2-3-6(8)4-7(5)9;1-5-6(8)3-2-4-7(5)9;1-6-2-4-7(8)5-3-6;1-6-3-2-4-7(8)5-6;1-6-4-2-3-5-7(6)8/h5-6H,1-4H3;2-3H,1H3;3*2-4H,1H3;3*2-5H,1H3. The molecule has 0 aliphatic heterocycles. The topological polar surface area (TPSA) is 0 Å². The van der Waals surface area contributed by atoms with E-state index in [0.717, 1.165) is 23.3 Å². The molecule has 0 saturated heterocycles. The molecule has 0 amide bonds. The van der Waals surface area contributed by atoms with Crippen molar-refractivity contribution < 1.29 is 52.7 Å². The van der Waals surface area contributed by atoms with Gasteiger partial charge in [-0.1, -0.05) is 77.9 Å². The van der Waals surface area contributed by atoms with Crippen LogP contribution in [0.4, 0.5) is 52.7 Å². The quantitative estimate of drug-likeness (QED) is 0.133. The fourth-order valence-corrected chi connectivity index (χ4v) is 5.40. The zero-order chi connectivity index (χ0) is 54.0. The van der Waals surface area contributed by atoms with E-state index in [0.29, 0.717) is 28.8 Å². The van der Waals surface area contributed by atoms with Crippen molar-refractivity contribution in [3.05, 3.63) is 283 Å². The maximum atomic E-state index is 12.4. The van der Waals surface area contributed by atoms with E-state index in [-0.39, 0.29) is 28.6 Å². The van der Waals surface area contributed by atoms with E-state index < -0.39 is 52.4 Å². The largest absolute Gasteiger partial charge is 0.207 e. The van der Waals surface area contributed by atoms with Crippen LogP contribution in [-0.2, 0) is 0 Å². The van der Waals surface area contributed by atoms with E-state index in [2.05, 4.69) is 39.8 Å². The molecule has 0 unspecified atom stereocenters. The molecule has 12 heteroatoms. The van der Waals surface area contributed by atoms with Gasteiger partial charge in [0, 0.05) is 35.4 Å². The van der Waals surface area contributed by atoms with Gasteiger partial charge in [0.2, 0.25) is 0 Å². The molecule has 0 spiro atoms. The molecule has 0 N–H and O–H groups in total. The molecule has 0 bridgehead atoms. The van der Waals surface area contributed by atoms with Crippen LogP contribution in [0.3, 0.4) is 0 Å². The highest BCUT2D eigenvalue weighted by molar-refractivity contribution is 5.36. The zero-order valence-electron chi connectivity index (χ0n) is 41.5. The predicted octanol–water partition coefficient (Wildman–Crippen LogP) is 18.6. The van der Waals surface area contributed by atoms with Crippen LogP contribution in [0.15, 0.2) is 152 Å². The predicted molar refractivity (Wildman–Crippen MR) is 263 cm³/mol. The summed E-state index contributed by atoms with van der Waals surface area (Å²) in [5, 5.41) is 0. The first kappa shape index (κ1) is 61.9. The van der Waals surface area contributed by atoms with Gasteiger partial charge >= 0.3 is 0 Å². The Hall–Kier alpha value is -7.08. The second kappa shape index (κ2) is 31.9. The second-order valence-corrected chi connectivity index (χ2v) is 16.0. The first-order valence-electron chi connectivity index (χ1n) is 21.8. The number of halogens is 12. The van der Waals surface area contributed by atoms with Crippen LogP contribution in [0.2, 0.25) is 0 Å². The third-order valence-corrected chi connectivity index (χ3v) is 9.73. The van der Waals surface area contributed by atoms with Crippen molar-refractivity contribution in [2.45, 2.75) is 76.2 Å². The summed E-state index contributed by atoms with van der Waals surface area (Å²) in [5.41, 5.74) is 9.34. The van der Waals surface area contributed by atoms with Crippen LogP contribution in [0, 0.1) is 146 Å². The highest BCUT2D eigenvalue weighted by Crippen LogP contribution is 2.15. The van der Waals surface area contributed by atoms with Gasteiger partial charge in [-0.2, -0.15) is 0 Å². The summed E-state index contributed by atoms with van der Waals surface area (Å²) in [6.07, 6.45) is 0. The van der Waals surface area contributed by atoms with E-state index in [1.165, 1.54) is 109 Å². The van der Waals surface area contributed by atoms with Gasteiger partial charge < -0.3 is 0 Å². The molecule has 0 radical (unpaired) electrons. The Morgan fingerprint density at radius 2 is 0.577 bits per heavy atom. The Labute approximate surface area is 410 Å². The van der Waals surface area contributed by atoms with Gasteiger partial charge in [-0.15, -0.1) is 0 Å². The van der Waals surface area contributed by atoms with Crippen LogP contribution in [0.5, 0.6) is 0 Å². The lowest BCUT2D eigenvalue weighted by atomic mass is 10.0. The summed E-state index contributed by atoms with van der Waals surface area (Å²) in [5.74, 6) is -6.10. The Bertz CT molecular complexity index is 2620. The highest BCUT2D eigenvalue weighted by Gasteiger charge is 2.05. The molecular weight excluding hydrogens is 937 g/mol. The number of aryl methyl sites for hydroxylation is 8. The normalized spacial score (nSPS) is 9.62. The lowest BCUT2D eigenvalue weighted by Gasteiger charge is -2.04. The summed E-state index contributed by atoms with van der Waals surface area (Å²) in [4.78, 5) is 0. The molecule has 8 rings (SSSR count). The average Bonchev–Trinajstić information content (AvgIpc) is 3.28. The monoisotopic (exact) mass is 994 g/mol. The van der Waals surface area contributed by atoms with Gasteiger partial charge in [0.05, 0.1) is 0 Å². The molecule has 8 aromatic carbocycles. The van der Waals surface area contributed by atoms with E-state index in [9.17, 15) is 52.7 Å². The summed E-state index contributed by atoms with van der Waals surface area (Å²) in [6, 6.07) is 36.1. The number of hydrogen-bond donors (Lipinski definition) is 0. The molecule has 0 fully saturated rings. The van der Waals surface area contributed by atoms with Crippen molar-refractivity contribution >= 4 is 0 Å². The van der Waals surface area contributed by atoms with Crippen molar-refractivity contribution in [1.82, 2.24) is 0 Å². The molecular formula is C59H58F12. The molecule has 378 valence electrons. The van der Waals surface area contributed by atoms with Crippen LogP contribution < -0.4 is 0 Å². The molecule has 8 aromatic rings. The minimum Gasteiger partial charge on any atom is -0.207 e. The minimum absolute atomic E-state index is 0.0810. The molecule has 0 saturated carbocycles. The van der Waals surface area contributed by atoms with E-state index in [4.69, 9.17) is 0 Å². The fraction of sp³-hybridized carbons (Fsp3) is 0.186. The van der Waals surface area contributed by atoms with Crippen molar-refractivity contribution in [3.63, 3.8) is 0 Å². The minimum atomic E-state index is -0.888. The summed E-state index contributed by atoms with van der Waals surface area (Å²) < 4.78 is 147. The maximum Gasteiger partial charge on any atom is 0.131 e. The van der Waals surface area contributed by atoms with Crippen molar-refractivity contribution in [2.24, 2.45) is 0 Å².